The molecule has 2 nitrogen and oxygen atoms in total. The number of anilines is 1. The van der Waals surface area contributed by atoms with Crippen LogP contribution in [-0.4, -0.2) is 4.98 Å². The molecule has 0 amide bonds. The number of nitrogens with zero attached hydrogens (tertiary/aromatic N) is 1. The van der Waals surface area contributed by atoms with Crippen LogP contribution in [0.5, 0.6) is 0 Å². The lowest BCUT2D eigenvalue weighted by Crippen LogP contribution is -1.99. The summed E-state index contributed by atoms with van der Waals surface area (Å²) < 4.78 is 0.916. The Balaban J connectivity index is 1.77. The molecule has 0 aliphatic rings. The molecule has 2 aromatic carbocycles. The van der Waals surface area contributed by atoms with Crippen LogP contribution in [0.4, 0.5) is 5.69 Å². The second kappa shape index (κ2) is 5.81. The second-order valence-electron chi connectivity index (χ2n) is 4.51. The summed E-state index contributed by atoms with van der Waals surface area (Å²) in [5.74, 6) is 0. The molecule has 0 aliphatic carbocycles. The molecule has 0 saturated carbocycles. The maximum atomic E-state index is 6.09. The number of hydrogen-bond acceptors (Lipinski definition) is 2. The van der Waals surface area contributed by atoms with Crippen molar-refractivity contribution in [2.24, 2.45) is 0 Å². The van der Waals surface area contributed by atoms with Gasteiger partial charge in [-0.1, -0.05) is 23.7 Å². The molecule has 1 heterocycles. The van der Waals surface area contributed by atoms with Gasteiger partial charge in [0.05, 0.1) is 10.5 Å². The van der Waals surface area contributed by atoms with Gasteiger partial charge in [-0.05, 0) is 57.9 Å². The molecule has 1 aromatic heterocycles. The van der Waals surface area contributed by atoms with Gasteiger partial charge in [0.1, 0.15) is 0 Å². The van der Waals surface area contributed by atoms with Crippen LogP contribution in [-0.2, 0) is 6.54 Å². The van der Waals surface area contributed by atoms with E-state index in [9.17, 15) is 0 Å². The molecule has 0 saturated heterocycles. The zero-order chi connectivity index (χ0) is 13.9. The van der Waals surface area contributed by atoms with Crippen molar-refractivity contribution in [2.45, 2.75) is 6.54 Å². The number of nitrogens with one attached hydrogen (secondary N) is 1. The molecule has 0 bridgehead atoms. The average molecular weight is 348 g/mol. The molecule has 3 aromatic rings. The lowest BCUT2D eigenvalue weighted by molar-refractivity contribution is 1.15. The summed E-state index contributed by atoms with van der Waals surface area (Å²) in [7, 11) is 0. The fraction of sp³-hybridized carbons (Fsp3) is 0.0625. The Labute approximate surface area is 130 Å². The predicted molar refractivity (Wildman–Crippen MR) is 88.2 cm³/mol. The first-order valence-electron chi connectivity index (χ1n) is 6.25. The van der Waals surface area contributed by atoms with Crippen LogP contribution >= 0.6 is 27.5 Å². The monoisotopic (exact) mass is 346 g/mol. The zero-order valence-corrected chi connectivity index (χ0v) is 12.9. The number of fused-ring (bicyclic) bond motifs is 1. The van der Waals surface area contributed by atoms with Gasteiger partial charge in [-0.25, -0.2) is 0 Å². The SMILES string of the molecule is Clc1cc(CNc2ccc3ncccc3c2)ccc1Br. The summed E-state index contributed by atoms with van der Waals surface area (Å²) in [6.45, 7) is 0.735. The van der Waals surface area contributed by atoms with Gasteiger partial charge in [0.25, 0.3) is 0 Å². The molecule has 0 atom stereocenters. The topological polar surface area (TPSA) is 24.9 Å². The molecule has 0 unspecified atom stereocenters. The highest BCUT2D eigenvalue weighted by molar-refractivity contribution is 9.10. The maximum Gasteiger partial charge on any atom is 0.0703 e. The Morgan fingerprint density at radius 3 is 2.85 bits per heavy atom. The second-order valence-corrected chi connectivity index (χ2v) is 5.77. The minimum atomic E-state index is 0.729. The quantitative estimate of drug-likeness (QED) is 0.699. The third-order valence-electron chi connectivity index (χ3n) is 3.08. The molecule has 100 valence electrons. The standard InChI is InChI=1S/C16H12BrClN2/c17-14-5-3-11(8-15(14)18)10-20-13-4-6-16-12(9-13)2-1-7-19-16/h1-9,20H,10H2. The summed E-state index contributed by atoms with van der Waals surface area (Å²) in [6.07, 6.45) is 1.80. The van der Waals surface area contributed by atoms with Crippen molar-refractivity contribution in [2.75, 3.05) is 5.32 Å². The van der Waals surface area contributed by atoms with Gasteiger partial charge >= 0.3 is 0 Å². The molecule has 0 aliphatic heterocycles. The van der Waals surface area contributed by atoms with Crippen LogP contribution in [0.2, 0.25) is 5.02 Å². The van der Waals surface area contributed by atoms with E-state index in [-0.39, 0.29) is 0 Å². The summed E-state index contributed by atoms with van der Waals surface area (Å²) in [4.78, 5) is 4.31. The van der Waals surface area contributed by atoms with E-state index in [1.54, 1.807) is 6.20 Å². The van der Waals surface area contributed by atoms with Crippen LogP contribution in [0.25, 0.3) is 10.9 Å². The van der Waals surface area contributed by atoms with Crippen molar-refractivity contribution < 1.29 is 0 Å². The van der Waals surface area contributed by atoms with E-state index >= 15 is 0 Å². The predicted octanol–water partition coefficient (Wildman–Crippen LogP) is 5.26. The van der Waals surface area contributed by atoms with Crippen molar-refractivity contribution in [3.63, 3.8) is 0 Å². The number of pyridine rings is 1. The summed E-state index contributed by atoms with van der Waals surface area (Å²) in [5.41, 5.74) is 3.22. The fourth-order valence-electron chi connectivity index (χ4n) is 2.04. The Bertz CT molecular complexity index is 758. The van der Waals surface area contributed by atoms with Crippen molar-refractivity contribution in [3.8, 4) is 0 Å². The van der Waals surface area contributed by atoms with E-state index in [2.05, 4.69) is 38.4 Å². The zero-order valence-electron chi connectivity index (χ0n) is 10.6. The van der Waals surface area contributed by atoms with Crippen LogP contribution in [0.3, 0.4) is 0 Å². The van der Waals surface area contributed by atoms with E-state index in [4.69, 9.17) is 11.6 Å². The summed E-state index contributed by atoms with van der Waals surface area (Å²) in [5, 5.41) is 5.26. The molecular weight excluding hydrogens is 336 g/mol. The highest BCUT2D eigenvalue weighted by atomic mass is 79.9. The Kier molecular flexibility index (Phi) is 3.90. The van der Waals surface area contributed by atoms with Crippen LogP contribution in [0.15, 0.2) is 59.2 Å². The molecule has 20 heavy (non-hydrogen) atoms. The van der Waals surface area contributed by atoms with Crippen molar-refractivity contribution in [1.82, 2.24) is 4.98 Å². The highest BCUT2D eigenvalue weighted by Gasteiger charge is 2.00. The van der Waals surface area contributed by atoms with Crippen LogP contribution in [0, 0.1) is 0 Å². The van der Waals surface area contributed by atoms with Gasteiger partial charge in [0.15, 0.2) is 0 Å². The Morgan fingerprint density at radius 2 is 2.00 bits per heavy atom. The fourth-order valence-corrected chi connectivity index (χ4v) is 2.49. The van der Waals surface area contributed by atoms with Crippen LogP contribution in [0.1, 0.15) is 5.56 Å². The van der Waals surface area contributed by atoms with E-state index in [0.717, 1.165) is 38.2 Å². The van der Waals surface area contributed by atoms with E-state index in [1.807, 2.05) is 36.4 Å². The number of aromatic nitrogens is 1. The van der Waals surface area contributed by atoms with Crippen molar-refractivity contribution >= 4 is 44.1 Å². The lowest BCUT2D eigenvalue weighted by atomic mass is 10.2. The third kappa shape index (κ3) is 2.94. The lowest BCUT2D eigenvalue weighted by Gasteiger charge is -2.08. The first-order valence-corrected chi connectivity index (χ1v) is 7.42. The maximum absolute atomic E-state index is 6.09. The van der Waals surface area contributed by atoms with Gasteiger partial charge in [-0.15, -0.1) is 0 Å². The van der Waals surface area contributed by atoms with Crippen LogP contribution < -0.4 is 5.32 Å². The Morgan fingerprint density at radius 1 is 1.10 bits per heavy atom. The van der Waals surface area contributed by atoms with E-state index in [0.29, 0.717) is 0 Å². The highest BCUT2D eigenvalue weighted by Crippen LogP contribution is 2.24. The average Bonchev–Trinajstić information content (AvgIpc) is 2.48. The van der Waals surface area contributed by atoms with Gasteiger partial charge in [0, 0.05) is 28.3 Å². The normalized spacial score (nSPS) is 10.7. The number of halogens is 2. The Hall–Kier alpha value is -1.58. The minimum absolute atomic E-state index is 0.729. The number of benzene rings is 2. The largest absolute Gasteiger partial charge is 0.381 e. The van der Waals surface area contributed by atoms with Crippen molar-refractivity contribution in [1.29, 1.82) is 0 Å². The molecule has 0 spiro atoms. The van der Waals surface area contributed by atoms with Gasteiger partial charge in [-0.2, -0.15) is 0 Å². The number of hydrogen-bond donors (Lipinski definition) is 1. The molecular formula is C16H12BrClN2. The first-order chi connectivity index (χ1) is 9.72. The molecule has 0 radical (unpaired) electrons. The first kappa shape index (κ1) is 13.4. The van der Waals surface area contributed by atoms with Gasteiger partial charge in [0.2, 0.25) is 0 Å². The molecule has 3 rings (SSSR count). The minimum Gasteiger partial charge on any atom is -0.381 e. The molecule has 0 fully saturated rings. The summed E-state index contributed by atoms with van der Waals surface area (Å²) >= 11 is 9.48. The number of rotatable bonds is 3. The third-order valence-corrected chi connectivity index (χ3v) is 4.32. The van der Waals surface area contributed by atoms with Gasteiger partial charge < -0.3 is 5.32 Å². The molecule has 4 heteroatoms. The smallest absolute Gasteiger partial charge is 0.0703 e. The van der Waals surface area contributed by atoms with Crippen molar-refractivity contribution in [3.05, 3.63) is 69.8 Å². The molecule has 1 N–H and O–H groups in total. The summed E-state index contributed by atoms with van der Waals surface area (Å²) in [6, 6.07) is 16.1. The van der Waals surface area contributed by atoms with Gasteiger partial charge in [-0.3, -0.25) is 4.98 Å². The van der Waals surface area contributed by atoms with E-state index < -0.39 is 0 Å². The van der Waals surface area contributed by atoms with E-state index in [1.165, 1.54) is 0 Å².